The molecule has 34 heavy (non-hydrogen) atoms. The summed E-state index contributed by atoms with van der Waals surface area (Å²) in [6.07, 6.45) is 4.86. The van der Waals surface area contributed by atoms with E-state index in [0.717, 1.165) is 16.8 Å². The van der Waals surface area contributed by atoms with E-state index in [1.165, 1.54) is 7.11 Å². The largest absolute Gasteiger partial charge is 0.504 e. The highest BCUT2D eigenvalue weighted by molar-refractivity contribution is 6.04. The minimum atomic E-state index is -0.215. The van der Waals surface area contributed by atoms with Crippen LogP contribution in [0.2, 0.25) is 0 Å². The van der Waals surface area contributed by atoms with E-state index in [1.54, 1.807) is 48.9 Å². The number of phenols is 1. The number of carbonyl (C=O) groups is 1. The number of hydrogen-bond acceptors (Lipinski definition) is 7. The minimum Gasteiger partial charge on any atom is -0.504 e. The summed E-state index contributed by atoms with van der Waals surface area (Å²) in [4.78, 5) is 25.6. The van der Waals surface area contributed by atoms with Gasteiger partial charge in [0.15, 0.2) is 11.5 Å². The van der Waals surface area contributed by atoms with Gasteiger partial charge in [-0.25, -0.2) is 4.98 Å². The Hall–Kier alpha value is -4.46. The molecule has 0 radical (unpaired) electrons. The van der Waals surface area contributed by atoms with Crippen molar-refractivity contribution in [2.45, 2.75) is 19.9 Å². The Labute approximate surface area is 197 Å². The zero-order valence-electron chi connectivity index (χ0n) is 19.1. The second-order valence-electron chi connectivity index (χ2n) is 7.81. The van der Waals surface area contributed by atoms with Crippen molar-refractivity contribution in [1.29, 1.82) is 0 Å². The summed E-state index contributed by atoms with van der Waals surface area (Å²) in [5.41, 5.74) is 4.43. The highest BCUT2D eigenvalue weighted by atomic mass is 16.5. The van der Waals surface area contributed by atoms with Gasteiger partial charge in [0.25, 0.3) is 5.91 Å². The molecule has 8 heteroatoms. The number of aromatic nitrogens is 3. The first-order valence-electron chi connectivity index (χ1n) is 10.7. The maximum atomic E-state index is 12.5. The van der Waals surface area contributed by atoms with Gasteiger partial charge >= 0.3 is 0 Å². The molecule has 1 atom stereocenters. The fourth-order valence-electron chi connectivity index (χ4n) is 3.41. The first kappa shape index (κ1) is 22.7. The molecule has 0 bridgehead atoms. The molecule has 0 spiro atoms. The molecule has 2 heterocycles. The van der Waals surface area contributed by atoms with Crippen LogP contribution in [0.3, 0.4) is 0 Å². The van der Waals surface area contributed by atoms with Crippen LogP contribution >= 0.6 is 0 Å². The molecule has 0 fully saturated rings. The minimum absolute atomic E-state index is 0.0627. The number of anilines is 2. The molecule has 0 saturated heterocycles. The smallest absolute Gasteiger partial charge is 0.257 e. The van der Waals surface area contributed by atoms with Crippen LogP contribution in [0.1, 0.15) is 34.6 Å². The summed E-state index contributed by atoms with van der Waals surface area (Å²) in [6.45, 7) is 3.88. The molecular formula is C26H25N5O3. The van der Waals surface area contributed by atoms with Gasteiger partial charge in [-0.1, -0.05) is 12.1 Å². The SMILES string of the molecule is COc1cc(-c2cncc(N[C@@H](C)c3cccc(NC(=O)c4ccc(C)nc4)c3)n2)ccc1O. The number of aryl methyl sites for hydroxylation is 1. The Morgan fingerprint density at radius 2 is 1.91 bits per heavy atom. The van der Waals surface area contributed by atoms with Gasteiger partial charge in [-0.3, -0.25) is 14.8 Å². The number of amides is 1. The lowest BCUT2D eigenvalue weighted by atomic mass is 10.1. The van der Waals surface area contributed by atoms with Crippen molar-refractivity contribution in [1.82, 2.24) is 15.0 Å². The van der Waals surface area contributed by atoms with Gasteiger partial charge in [-0.15, -0.1) is 0 Å². The van der Waals surface area contributed by atoms with E-state index in [0.29, 0.717) is 28.5 Å². The van der Waals surface area contributed by atoms with Gasteiger partial charge < -0.3 is 20.5 Å². The molecule has 1 amide bonds. The van der Waals surface area contributed by atoms with E-state index in [9.17, 15) is 9.90 Å². The average Bonchev–Trinajstić information content (AvgIpc) is 2.85. The van der Waals surface area contributed by atoms with E-state index in [1.807, 2.05) is 38.1 Å². The summed E-state index contributed by atoms with van der Waals surface area (Å²) in [6, 6.07) is 16.1. The highest BCUT2D eigenvalue weighted by Gasteiger charge is 2.12. The molecule has 0 saturated carbocycles. The van der Waals surface area contributed by atoms with Crippen LogP contribution in [0.15, 0.2) is 73.2 Å². The van der Waals surface area contributed by atoms with Gasteiger partial charge in [-0.2, -0.15) is 0 Å². The molecule has 4 rings (SSSR count). The zero-order valence-corrected chi connectivity index (χ0v) is 19.1. The van der Waals surface area contributed by atoms with Crippen LogP contribution in [0.4, 0.5) is 11.5 Å². The third-order valence-corrected chi connectivity index (χ3v) is 5.29. The molecule has 8 nitrogen and oxygen atoms in total. The number of methoxy groups -OCH3 is 1. The number of nitrogens with one attached hydrogen (secondary N) is 2. The molecule has 0 aliphatic rings. The molecule has 3 N–H and O–H groups in total. The fourth-order valence-corrected chi connectivity index (χ4v) is 3.41. The first-order chi connectivity index (χ1) is 16.4. The lowest BCUT2D eigenvalue weighted by molar-refractivity contribution is 0.102. The predicted octanol–water partition coefficient (Wildman–Crippen LogP) is 4.99. The predicted molar refractivity (Wildman–Crippen MR) is 131 cm³/mol. The number of aromatic hydroxyl groups is 1. The highest BCUT2D eigenvalue weighted by Crippen LogP contribution is 2.31. The molecule has 0 aliphatic heterocycles. The van der Waals surface area contributed by atoms with Crippen molar-refractivity contribution in [3.05, 3.63) is 90.0 Å². The van der Waals surface area contributed by atoms with Gasteiger partial charge in [0.05, 0.1) is 36.8 Å². The lowest BCUT2D eigenvalue weighted by Gasteiger charge is -2.16. The van der Waals surface area contributed by atoms with Crippen molar-refractivity contribution in [3.8, 4) is 22.8 Å². The Kier molecular flexibility index (Phi) is 6.68. The second kappa shape index (κ2) is 9.99. The summed E-state index contributed by atoms with van der Waals surface area (Å²) < 4.78 is 5.18. The average molecular weight is 456 g/mol. The van der Waals surface area contributed by atoms with Gasteiger partial charge in [0, 0.05) is 23.1 Å². The Morgan fingerprint density at radius 1 is 1.06 bits per heavy atom. The van der Waals surface area contributed by atoms with Gasteiger partial charge in [-0.05, 0) is 61.9 Å². The molecule has 0 unspecified atom stereocenters. The number of rotatable bonds is 7. The van der Waals surface area contributed by atoms with Crippen molar-refractivity contribution in [3.63, 3.8) is 0 Å². The fraction of sp³-hybridized carbons (Fsp3) is 0.154. The number of ether oxygens (including phenoxy) is 1. The standard InChI is InChI=1S/C26H25N5O3/c1-16-7-8-20(13-28-16)26(33)30-21-6-4-5-18(11-21)17(2)29-25-15-27-14-22(31-25)19-9-10-23(32)24(12-19)34-3/h4-15,17,32H,1-3H3,(H,29,31)(H,30,33)/t17-/m0/s1. The zero-order chi connectivity index (χ0) is 24.1. The van der Waals surface area contributed by atoms with Crippen molar-refractivity contribution in [2.75, 3.05) is 17.7 Å². The van der Waals surface area contributed by atoms with Crippen LogP contribution in [0.25, 0.3) is 11.3 Å². The maximum Gasteiger partial charge on any atom is 0.257 e. The van der Waals surface area contributed by atoms with Crippen LogP contribution in [-0.4, -0.2) is 33.1 Å². The Balaban J connectivity index is 1.48. The number of pyridine rings is 1. The summed E-state index contributed by atoms with van der Waals surface area (Å²) in [5, 5.41) is 16.1. The normalized spacial score (nSPS) is 11.5. The van der Waals surface area contributed by atoms with E-state index in [4.69, 9.17) is 4.74 Å². The molecule has 2 aromatic carbocycles. The van der Waals surface area contributed by atoms with Gasteiger partial charge in [0.1, 0.15) is 5.82 Å². The van der Waals surface area contributed by atoms with E-state index in [-0.39, 0.29) is 17.7 Å². The first-order valence-corrected chi connectivity index (χ1v) is 10.7. The number of carbonyl (C=O) groups excluding carboxylic acids is 1. The number of phenolic OH excluding ortho intramolecular Hbond substituents is 1. The third-order valence-electron chi connectivity index (χ3n) is 5.29. The molecule has 0 aliphatic carbocycles. The van der Waals surface area contributed by atoms with Crippen LogP contribution in [0, 0.1) is 6.92 Å². The Morgan fingerprint density at radius 3 is 2.68 bits per heavy atom. The summed E-state index contributed by atoms with van der Waals surface area (Å²) >= 11 is 0. The van der Waals surface area contributed by atoms with Crippen molar-refractivity contribution in [2.24, 2.45) is 0 Å². The molecular weight excluding hydrogens is 430 g/mol. The van der Waals surface area contributed by atoms with Gasteiger partial charge in [0.2, 0.25) is 0 Å². The Bertz CT molecular complexity index is 1310. The van der Waals surface area contributed by atoms with E-state index < -0.39 is 0 Å². The van der Waals surface area contributed by atoms with Crippen LogP contribution in [0.5, 0.6) is 11.5 Å². The monoisotopic (exact) mass is 455 g/mol. The van der Waals surface area contributed by atoms with Crippen molar-refractivity contribution < 1.29 is 14.6 Å². The quantitative estimate of drug-likeness (QED) is 0.360. The second-order valence-corrected chi connectivity index (χ2v) is 7.81. The number of nitrogens with zero attached hydrogens (tertiary/aromatic N) is 3. The summed E-state index contributed by atoms with van der Waals surface area (Å²) in [5.74, 6) is 0.810. The third kappa shape index (κ3) is 5.29. The maximum absolute atomic E-state index is 12.5. The molecule has 4 aromatic rings. The summed E-state index contributed by atoms with van der Waals surface area (Å²) in [7, 11) is 1.50. The topological polar surface area (TPSA) is 109 Å². The molecule has 172 valence electrons. The van der Waals surface area contributed by atoms with Crippen molar-refractivity contribution >= 4 is 17.4 Å². The number of benzene rings is 2. The molecule has 2 aromatic heterocycles. The lowest BCUT2D eigenvalue weighted by Crippen LogP contribution is -2.13. The van der Waals surface area contributed by atoms with E-state index in [2.05, 4.69) is 25.6 Å². The van der Waals surface area contributed by atoms with E-state index >= 15 is 0 Å². The van der Waals surface area contributed by atoms with Crippen LogP contribution in [-0.2, 0) is 0 Å². The van der Waals surface area contributed by atoms with Crippen LogP contribution < -0.4 is 15.4 Å². The number of hydrogen-bond donors (Lipinski definition) is 3.